The molecule has 0 aliphatic carbocycles. The lowest BCUT2D eigenvalue weighted by Crippen LogP contribution is -2.38. The highest BCUT2D eigenvalue weighted by atomic mass is 35.5. The summed E-state index contributed by atoms with van der Waals surface area (Å²) >= 11 is 6.12. The number of likely N-dealkylation sites (tertiary alicyclic amines) is 1. The number of nitrogens with one attached hydrogen (secondary N) is 2. The van der Waals surface area contributed by atoms with E-state index in [9.17, 15) is 4.79 Å². The Kier molecular flexibility index (Phi) is 5.14. The number of hydrogen-bond donors (Lipinski definition) is 2. The SMILES string of the molecule is Cc1ccc(NC(=O)CN2CCC(c3nc4ccccc4[nH]3)CC2)cc1Cl. The maximum atomic E-state index is 12.3. The number of rotatable bonds is 4. The van der Waals surface area contributed by atoms with Crippen LogP contribution in [0.2, 0.25) is 5.02 Å². The lowest BCUT2D eigenvalue weighted by Gasteiger charge is -2.30. The first-order chi connectivity index (χ1) is 13.1. The normalized spacial score (nSPS) is 15.9. The van der Waals surface area contributed by atoms with Gasteiger partial charge in [-0.2, -0.15) is 0 Å². The Morgan fingerprint density at radius 2 is 2.04 bits per heavy atom. The molecular weight excluding hydrogens is 360 g/mol. The Morgan fingerprint density at radius 1 is 1.26 bits per heavy atom. The number of H-pyrrole nitrogens is 1. The van der Waals surface area contributed by atoms with Crippen molar-refractivity contribution >= 4 is 34.2 Å². The van der Waals surface area contributed by atoms with Crippen LogP contribution in [0.15, 0.2) is 42.5 Å². The van der Waals surface area contributed by atoms with Crippen LogP contribution in [-0.2, 0) is 4.79 Å². The first kappa shape index (κ1) is 18.0. The summed E-state index contributed by atoms with van der Waals surface area (Å²) in [5, 5.41) is 3.60. The Morgan fingerprint density at radius 3 is 2.78 bits per heavy atom. The molecule has 0 saturated carbocycles. The number of benzene rings is 2. The molecule has 2 heterocycles. The molecule has 4 rings (SSSR count). The summed E-state index contributed by atoms with van der Waals surface area (Å²) in [6.45, 7) is 4.13. The number of fused-ring (bicyclic) bond motifs is 1. The third-order valence-corrected chi connectivity index (χ3v) is 5.61. The van der Waals surface area contributed by atoms with Crippen molar-refractivity contribution < 1.29 is 4.79 Å². The third-order valence-electron chi connectivity index (χ3n) is 5.20. The molecule has 1 aromatic heterocycles. The molecule has 2 N–H and O–H groups in total. The molecular formula is C21H23ClN4O. The minimum atomic E-state index is -0.00268. The van der Waals surface area contributed by atoms with Crippen molar-refractivity contribution in [1.82, 2.24) is 14.9 Å². The highest BCUT2D eigenvalue weighted by Crippen LogP contribution is 2.27. The Bertz CT molecular complexity index is 927. The van der Waals surface area contributed by atoms with Gasteiger partial charge in [-0.3, -0.25) is 9.69 Å². The minimum absolute atomic E-state index is 0.00268. The highest BCUT2D eigenvalue weighted by Gasteiger charge is 2.24. The number of anilines is 1. The molecule has 0 atom stereocenters. The number of aryl methyl sites for hydroxylation is 1. The average Bonchev–Trinajstić information content (AvgIpc) is 3.09. The zero-order valence-electron chi connectivity index (χ0n) is 15.3. The van der Waals surface area contributed by atoms with Crippen LogP contribution in [0, 0.1) is 6.92 Å². The molecule has 0 spiro atoms. The maximum absolute atomic E-state index is 12.3. The van der Waals surface area contributed by atoms with Gasteiger partial charge in [-0.15, -0.1) is 0 Å². The fourth-order valence-electron chi connectivity index (χ4n) is 3.60. The van der Waals surface area contributed by atoms with Gasteiger partial charge in [0.05, 0.1) is 17.6 Å². The molecule has 140 valence electrons. The van der Waals surface area contributed by atoms with Gasteiger partial charge in [0.25, 0.3) is 0 Å². The molecule has 1 amide bonds. The molecule has 1 fully saturated rings. The number of halogens is 1. The molecule has 5 nitrogen and oxygen atoms in total. The van der Waals surface area contributed by atoms with Gasteiger partial charge in [0.1, 0.15) is 5.82 Å². The summed E-state index contributed by atoms with van der Waals surface area (Å²) in [6, 6.07) is 13.7. The summed E-state index contributed by atoms with van der Waals surface area (Å²) in [5.41, 5.74) is 3.85. The van der Waals surface area contributed by atoms with E-state index in [0.717, 1.165) is 54.0 Å². The van der Waals surface area contributed by atoms with E-state index >= 15 is 0 Å². The van der Waals surface area contributed by atoms with Crippen LogP contribution in [0.25, 0.3) is 11.0 Å². The first-order valence-corrected chi connectivity index (χ1v) is 9.69. The van der Waals surface area contributed by atoms with Crippen molar-refractivity contribution in [2.45, 2.75) is 25.7 Å². The molecule has 0 unspecified atom stereocenters. The Hall–Kier alpha value is -2.37. The summed E-state index contributed by atoms with van der Waals surface area (Å²) in [5.74, 6) is 1.49. The standard InChI is InChI=1S/C21H23ClN4O/c1-14-6-7-16(12-17(14)22)23-20(27)13-26-10-8-15(9-11-26)21-24-18-4-2-3-5-19(18)25-21/h2-7,12,15H,8-11,13H2,1H3,(H,23,27)(H,24,25). The van der Waals surface area contributed by atoms with E-state index in [-0.39, 0.29) is 5.91 Å². The van der Waals surface area contributed by atoms with Gasteiger partial charge >= 0.3 is 0 Å². The van der Waals surface area contributed by atoms with Gasteiger partial charge in [-0.05, 0) is 62.7 Å². The molecule has 1 aliphatic heterocycles. The van der Waals surface area contributed by atoms with Crippen molar-refractivity contribution in [2.24, 2.45) is 0 Å². The predicted molar refractivity (Wildman–Crippen MR) is 109 cm³/mol. The predicted octanol–water partition coefficient (Wildman–Crippen LogP) is 4.34. The van der Waals surface area contributed by atoms with E-state index < -0.39 is 0 Å². The number of aromatic amines is 1. The quantitative estimate of drug-likeness (QED) is 0.705. The molecule has 27 heavy (non-hydrogen) atoms. The van der Waals surface area contributed by atoms with Gasteiger partial charge in [-0.25, -0.2) is 4.98 Å². The molecule has 0 bridgehead atoms. The van der Waals surface area contributed by atoms with Crippen LogP contribution >= 0.6 is 11.6 Å². The maximum Gasteiger partial charge on any atom is 0.238 e. The van der Waals surface area contributed by atoms with Crippen molar-refractivity contribution in [3.63, 3.8) is 0 Å². The number of aromatic nitrogens is 2. The molecule has 1 saturated heterocycles. The van der Waals surface area contributed by atoms with Crippen LogP contribution in [-0.4, -0.2) is 40.4 Å². The van der Waals surface area contributed by atoms with Crippen molar-refractivity contribution in [3.05, 3.63) is 58.9 Å². The largest absolute Gasteiger partial charge is 0.342 e. The summed E-state index contributed by atoms with van der Waals surface area (Å²) in [4.78, 5) is 22.7. The Labute approximate surface area is 163 Å². The Balaban J connectivity index is 1.31. The van der Waals surface area contributed by atoms with Crippen molar-refractivity contribution in [1.29, 1.82) is 0 Å². The second kappa shape index (κ2) is 7.71. The van der Waals surface area contributed by atoms with Gasteiger partial charge in [0.15, 0.2) is 0 Å². The number of carbonyl (C=O) groups is 1. The number of nitrogens with zero attached hydrogens (tertiary/aromatic N) is 2. The fraction of sp³-hybridized carbons (Fsp3) is 0.333. The van der Waals surface area contributed by atoms with Crippen LogP contribution in [0.3, 0.4) is 0 Å². The molecule has 6 heteroatoms. The summed E-state index contributed by atoms with van der Waals surface area (Å²) < 4.78 is 0. The zero-order valence-corrected chi connectivity index (χ0v) is 16.1. The van der Waals surface area contributed by atoms with Crippen LogP contribution < -0.4 is 5.32 Å². The highest BCUT2D eigenvalue weighted by molar-refractivity contribution is 6.31. The lowest BCUT2D eigenvalue weighted by atomic mass is 9.96. The van der Waals surface area contributed by atoms with Gasteiger partial charge in [0, 0.05) is 16.6 Å². The monoisotopic (exact) mass is 382 g/mol. The minimum Gasteiger partial charge on any atom is -0.342 e. The first-order valence-electron chi connectivity index (χ1n) is 9.31. The van der Waals surface area contributed by atoms with Crippen molar-refractivity contribution in [2.75, 3.05) is 25.0 Å². The second-order valence-corrected chi connectivity index (χ2v) is 7.61. The van der Waals surface area contributed by atoms with E-state index in [0.29, 0.717) is 17.5 Å². The van der Waals surface area contributed by atoms with Crippen LogP contribution in [0.1, 0.15) is 30.1 Å². The smallest absolute Gasteiger partial charge is 0.238 e. The number of piperidine rings is 1. The molecule has 0 radical (unpaired) electrons. The topological polar surface area (TPSA) is 61.0 Å². The number of para-hydroxylation sites is 2. The third kappa shape index (κ3) is 4.15. The average molecular weight is 383 g/mol. The van der Waals surface area contributed by atoms with E-state index in [2.05, 4.69) is 21.3 Å². The molecule has 2 aromatic carbocycles. The number of imidazole rings is 1. The number of amides is 1. The van der Waals surface area contributed by atoms with Crippen LogP contribution in [0.4, 0.5) is 5.69 Å². The van der Waals surface area contributed by atoms with Gasteiger partial charge in [-0.1, -0.05) is 29.8 Å². The fourth-order valence-corrected chi connectivity index (χ4v) is 3.79. The summed E-state index contributed by atoms with van der Waals surface area (Å²) in [7, 11) is 0. The zero-order chi connectivity index (χ0) is 18.8. The van der Waals surface area contributed by atoms with Gasteiger partial charge in [0.2, 0.25) is 5.91 Å². The van der Waals surface area contributed by atoms with Crippen LogP contribution in [0.5, 0.6) is 0 Å². The number of carbonyl (C=O) groups excluding carboxylic acids is 1. The van der Waals surface area contributed by atoms with E-state index in [1.165, 1.54) is 0 Å². The van der Waals surface area contributed by atoms with E-state index in [1.807, 2.05) is 37.3 Å². The summed E-state index contributed by atoms with van der Waals surface area (Å²) in [6.07, 6.45) is 2.01. The number of hydrogen-bond acceptors (Lipinski definition) is 3. The van der Waals surface area contributed by atoms with Gasteiger partial charge < -0.3 is 10.3 Å². The molecule has 1 aliphatic rings. The van der Waals surface area contributed by atoms with Crippen molar-refractivity contribution in [3.8, 4) is 0 Å². The van der Waals surface area contributed by atoms with E-state index in [4.69, 9.17) is 16.6 Å². The second-order valence-electron chi connectivity index (χ2n) is 7.20. The lowest BCUT2D eigenvalue weighted by molar-refractivity contribution is -0.117. The molecule has 3 aromatic rings. The van der Waals surface area contributed by atoms with E-state index in [1.54, 1.807) is 6.07 Å².